The van der Waals surface area contributed by atoms with Crippen LogP contribution >= 0.6 is 0 Å². The van der Waals surface area contributed by atoms with Gasteiger partial charge in [-0.25, -0.2) is 0 Å². The van der Waals surface area contributed by atoms with Gasteiger partial charge in [0.1, 0.15) is 0 Å². The SMILES string of the molecule is CCCC[N+](CCCC)(CCCC)CCCC.OB(O)O. The summed E-state index contributed by atoms with van der Waals surface area (Å²) >= 11 is 0. The normalized spacial score (nSPS) is 11.0. The molecule has 0 bridgehead atoms. The molecule has 5 heteroatoms. The second kappa shape index (κ2) is 16.3. The Labute approximate surface area is 132 Å². The molecule has 0 aromatic heterocycles. The van der Waals surface area contributed by atoms with Crippen molar-refractivity contribution in [2.24, 2.45) is 0 Å². The molecule has 0 unspecified atom stereocenters. The van der Waals surface area contributed by atoms with Crippen molar-refractivity contribution in [1.82, 2.24) is 0 Å². The Morgan fingerprint density at radius 3 is 0.905 bits per heavy atom. The van der Waals surface area contributed by atoms with E-state index >= 15 is 0 Å². The smallest absolute Gasteiger partial charge is 0.402 e. The van der Waals surface area contributed by atoms with Gasteiger partial charge in [-0.15, -0.1) is 0 Å². The zero-order valence-electron chi connectivity index (χ0n) is 14.9. The van der Waals surface area contributed by atoms with Crippen LogP contribution in [0, 0.1) is 0 Å². The molecule has 21 heavy (non-hydrogen) atoms. The van der Waals surface area contributed by atoms with E-state index in [2.05, 4.69) is 27.7 Å². The van der Waals surface area contributed by atoms with E-state index in [1.807, 2.05) is 0 Å². The van der Waals surface area contributed by atoms with Crippen LogP contribution in [0.5, 0.6) is 0 Å². The number of hydrogen-bond acceptors (Lipinski definition) is 3. The van der Waals surface area contributed by atoms with Gasteiger partial charge in [0.2, 0.25) is 0 Å². The molecule has 0 heterocycles. The summed E-state index contributed by atoms with van der Waals surface area (Å²) in [6.45, 7) is 15.0. The van der Waals surface area contributed by atoms with Gasteiger partial charge in [-0.2, -0.15) is 0 Å². The van der Waals surface area contributed by atoms with Gasteiger partial charge in [-0.05, 0) is 25.7 Å². The summed E-state index contributed by atoms with van der Waals surface area (Å²) in [7, 11) is -2.17. The minimum absolute atomic E-state index is 1.35. The van der Waals surface area contributed by atoms with Crippen molar-refractivity contribution >= 4 is 7.32 Å². The van der Waals surface area contributed by atoms with Gasteiger partial charge in [0.05, 0.1) is 26.2 Å². The lowest BCUT2D eigenvalue weighted by Gasteiger charge is -2.39. The van der Waals surface area contributed by atoms with Crippen molar-refractivity contribution in [2.45, 2.75) is 79.1 Å². The summed E-state index contributed by atoms with van der Waals surface area (Å²) in [6.07, 6.45) is 11.1. The first-order chi connectivity index (χ1) is 9.97. The van der Waals surface area contributed by atoms with Crippen LogP contribution in [0.25, 0.3) is 0 Å². The third kappa shape index (κ3) is 16.1. The van der Waals surface area contributed by atoms with Crippen molar-refractivity contribution in [1.29, 1.82) is 0 Å². The van der Waals surface area contributed by atoms with Crippen molar-refractivity contribution in [3.05, 3.63) is 0 Å². The minimum Gasteiger partial charge on any atom is -0.402 e. The highest BCUT2D eigenvalue weighted by Gasteiger charge is 2.24. The van der Waals surface area contributed by atoms with Crippen LogP contribution in [-0.4, -0.2) is 53.1 Å². The Morgan fingerprint density at radius 2 is 0.762 bits per heavy atom. The Bertz CT molecular complexity index is 164. The first-order valence-electron chi connectivity index (χ1n) is 8.87. The third-order valence-corrected chi connectivity index (χ3v) is 3.94. The number of nitrogens with zero attached hydrogens (tertiary/aromatic N) is 1. The van der Waals surface area contributed by atoms with Crippen LogP contribution in [0.3, 0.4) is 0 Å². The zero-order valence-corrected chi connectivity index (χ0v) is 14.9. The van der Waals surface area contributed by atoms with Gasteiger partial charge >= 0.3 is 7.32 Å². The third-order valence-electron chi connectivity index (χ3n) is 3.94. The standard InChI is InChI=1S/C16H36N.BH3O3/c1-5-9-13-17(14-10-6-2,15-11-7-3)16-12-8-4;2-1(3)4/h5-16H2,1-4H3;2-4H/q+1;. The van der Waals surface area contributed by atoms with Crippen LogP contribution in [0.4, 0.5) is 0 Å². The summed E-state index contributed by atoms with van der Waals surface area (Å²) < 4.78 is 1.42. The van der Waals surface area contributed by atoms with Crippen LogP contribution in [0.15, 0.2) is 0 Å². The van der Waals surface area contributed by atoms with Crippen molar-refractivity contribution in [2.75, 3.05) is 26.2 Å². The molecule has 0 fully saturated rings. The molecule has 0 aromatic rings. The number of hydrogen-bond donors (Lipinski definition) is 3. The van der Waals surface area contributed by atoms with E-state index in [1.54, 1.807) is 0 Å². The van der Waals surface area contributed by atoms with Crippen LogP contribution in [0.1, 0.15) is 79.1 Å². The van der Waals surface area contributed by atoms with Crippen molar-refractivity contribution < 1.29 is 19.6 Å². The lowest BCUT2D eigenvalue weighted by atomic mass is 10.1. The minimum atomic E-state index is -2.17. The molecule has 4 nitrogen and oxygen atoms in total. The fourth-order valence-corrected chi connectivity index (χ4v) is 2.64. The fraction of sp³-hybridized carbons (Fsp3) is 1.00. The van der Waals surface area contributed by atoms with Crippen LogP contribution in [0.2, 0.25) is 0 Å². The maximum atomic E-state index is 7.17. The number of quaternary nitrogens is 1. The molecule has 0 aliphatic carbocycles. The predicted octanol–water partition coefficient (Wildman–Crippen LogP) is 2.95. The summed E-state index contributed by atoms with van der Waals surface area (Å²) in [5.41, 5.74) is 0. The van der Waals surface area contributed by atoms with E-state index in [0.717, 1.165) is 0 Å². The second-order valence-electron chi connectivity index (χ2n) is 6.00. The Morgan fingerprint density at radius 1 is 0.571 bits per heavy atom. The highest BCUT2D eigenvalue weighted by molar-refractivity contribution is 6.30. The molecule has 0 saturated carbocycles. The molecule has 128 valence electrons. The highest BCUT2D eigenvalue weighted by atomic mass is 16.5. The van der Waals surface area contributed by atoms with Crippen LogP contribution in [-0.2, 0) is 0 Å². The first kappa shape index (κ1) is 23.2. The molecule has 3 N–H and O–H groups in total. The molecule has 0 spiro atoms. The summed E-state index contributed by atoms with van der Waals surface area (Å²) in [6, 6.07) is 0. The molecule has 0 rings (SSSR count). The Balaban J connectivity index is 0. The van der Waals surface area contributed by atoms with E-state index in [1.165, 1.54) is 82.0 Å². The maximum Gasteiger partial charge on any atom is 0.631 e. The first-order valence-corrected chi connectivity index (χ1v) is 8.87. The monoisotopic (exact) mass is 304 g/mol. The highest BCUT2D eigenvalue weighted by Crippen LogP contribution is 2.16. The molecule has 0 radical (unpaired) electrons. The largest absolute Gasteiger partial charge is 0.631 e. The topological polar surface area (TPSA) is 60.7 Å². The van der Waals surface area contributed by atoms with Gasteiger partial charge in [0.15, 0.2) is 0 Å². The molecular weight excluding hydrogens is 265 g/mol. The maximum absolute atomic E-state index is 7.17. The summed E-state index contributed by atoms with van der Waals surface area (Å²) in [4.78, 5) is 0. The summed E-state index contributed by atoms with van der Waals surface area (Å²) in [5.74, 6) is 0. The lowest BCUT2D eigenvalue weighted by Crippen LogP contribution is -2.50. The molecule has 0 aliphatic heterocycles. The summed E-state index contributed by atoms with van der Waals surface area (Å²) in [5, 5.41) is 21.5. The second-order valence-corrected chi connectivity index (χ2v) is 6.00. The van der Waals surface area contributed by atoms with E-state index in [4.69, 9.17) is 15.1 Å². The average molecular weight is 304 g/mol. The molecular formula is C16H39BNO3+. The number of rotatable bonds is 12. The molecule has 0 amide bonds. The zero-order chi connectivity index (χ0) is 16.6. The quantitative estimate of drug-likeness (QED) is 0.384. The number of unbranched alkanes of at least 4 members (excludes halogenated alkanes) is 4. The predicted molar refractivity (Wildman–Crippen MR) is 91.8 cm³/mol. The van der Waals surface area contributed by atoms with Crippen molar-refractivity contribution in [3.63, 3.8) is 0 Å². The van der Waals surface area contributed by atoms with Gasteiger partial charge < -0.3 is 19.6 Å². The average Bonchev–Trinajstić information content (AvgIpc) is 2.45. The van der Waals surface area contributed by atoms with E-state index in [9.17, 15) is 0 Å². The Kier molecular flexibility index (Phi) is 18.0. The molecule has 0 saturated heterocycles. The van der Waals surface area contributed by atoms with Gasteiger partial charge in [0, 0.05) is 0 Å². The molecule has 0 atom stereocenters. The van der Waals surface area contributed by atoms with E-state index < -0.39 is 7.32 Å². The van der Waals surface area contributed by atoms with Gasteiger partial charge in [0.25, 0.3) is 0 Å². The van der Waals surface area contributed by atoms with E-state index in [-0.39, 0.29) is 0 Å². The molecule has 0 aliphatic rings. The van der Waals surface area contributed by atoms with E-state index in [0.29, 0.717) is 0 Å². The van der Waals surface area contributed by atoms with Gasteiger partial charge in [-0.1, -0.05) is 53.4 Å². The fourth-order valence-electron chi connectivity index (χ4n) is 2.64. The van der Waals surface area contributed by atoms with Crippen molar-refractivity contribution in [3.8, 4) is 0 Å². The van der Waals surface area contributed by atoms with Crippen LogP contribution < -0.4 is 0 Å². The van der Waals surface area contributed by atoms with Gasteiger partial charge in [-0.3, -0.25) is 0 Å². The molecule has 0 aromatic carbocycles. The Hall–Kier alpha value is -0.0951. The lowest BCUT2D eigenvalue weighted by molar-refractivity contribution is -0.929.